The smallest absolute Gasteiger partial charge is 0.237 e. The number of thiophene rings is 1. The van der Waals surface area contributed by atoms with E-state index in [-0.39, 0.29) is 0 Å². The third-order valence-corrected chi connectivity index (χ3v) is 6.22. The highest BCUT2D eigenvalue weighted by Crippen LogP contribution is 2.26. The van der Waals surface area contributed by atoms with Crippen LogP contribution in [0.25, 0.3) is 0 Å². The first kappa shape index (κ1) is 13.7. The fourth-order valence-electron chi connectivity index (χ4n) is 4.02. The van der Waals surface area contributed by atoms with E-state index in [9.17, 15) is 4.79 Å². The Balaban J connectivity index is 1.34. The van der Waals surface area contributed by atoms with E-state index >= 15 is 0 Å². The summed E-state index contributed by atoms with van der Waals surface area (Å²) in [7, 11) is 0. The summed E-state index contributed by atoms with van der Waals surface area (Å²) in [4.78, 5) is 18.4. The molecule has 3 aliphatic heterocycles. The molecule has 114 valence electrons. The van der Waals surface area contributed by atoms with Crippen molar-refractivity contribution in [1.82, 2.24) is 15.1 Å². The van der Waals surface area contributed by atoms with Crippen molar-refractivity contribution in [1.29, 1.82) is 0 Å². The maximum atomic E-state index is 12.6. The number of amides is 1. The Bertz CT molecular complexity index is 515. The van der Waals surface area contributed by atoms with E-state index in [4.69, 9.17) is 0 Å². The molecule has 0 aromatic carbocycles. The number of rotatable bonds is 2. The number of hydrogen-bond donors (Lipinski definition) is 1. The SMILES string of the molecule is O=C(CN1C[C@@H]2CCCN[C@@H]2C1)N1CCc2sccc2C1. The van der Waals surface area contributed by atoms with Gasteiger partial charge in [-0.1, -0.05) is 0 Å². The lowest BCUT2D eigenvalue weighted by Gasteiger charge is -2.28. The summed E-state index contributed by atoms with van der Waals surface area (Å²) in [5.41, 5.74) is 1.36. The Morgan fingerprint density at radius 2 is 2.38 bits per heavy atom. The maximum Gasteiger partial charge on any atom is 0.237 e. The molecule has 0 saturated carbocycles. The van der Waals surface area contributed by atoms with Crippen molar-refractivity contribution < 1.29 is 4.79 Å². The van der Waals surface area contributed by atoms with E-state index in [2.05, 4.69) is 21.7 Å². The topological polar surface area (TPSA) is 35.6 Å². The van der Waals surface area contributed by atoms with Crippen LogP contribution >= 0.6 is 11.3 Å². The summed E-state index contributed by atoms with van der Waals surface area (Å²) in [6, 6.07) is 2.80. The van der Waals surface area contributed by atoms with Gasteiger partial charge in [-0.2, -0.15) is 0 Å². The van der Waals surface area contributed by atoms with E-state index < -0.39 is 0 Å². The predicted molar refractivity (Wildman–Crippen MR) is 84.4 cm³/mol. The molecule has 21 heavy (non-hydrogen) atoms. The number of likely N-dealkylation sites (tertiary alicyclic amines) is 1. The second-order valence-electron chi connectivity index (χ2n) is 6.59. The van der Waals surface area contributed by atoms with E-state index in [1.165, 1.54) is 23.3 Å². The Morgan fingerprint density at radius 3 is 3.29 bits per heavy atom. The quantitative estimate of drug-likeness (QED) is 0.895. The van der Waals surface area contributed by atoms with E-state index in [1.807, 2.05) is 16.2 Å². The Kier molecular flexibility index (Phi) is 3.73. The Hall–Kier alpha value is -0.910. The molecule has 0 unspecified atom stereocenters. The minimum atomic E-state index is 0.311. The molecule has 4 nitrogen and oxygen atoms in total. The summed E-state index contributed by atoms with van der Waals surface area (Å²) in [6.07, 6.45) is 3.64. The van der Waals surface area contributed by atoms with Gasteiger partial charge in [-0.05, 0) is 48.7 Å². The number of nitrogens with one attached hydrogen (secondary N) is 1. The number of nitrogens with zero attached hydrogens (tertiary/aromatic N) is 2. The lowest BCUT2D eigenvalue weighted by Crippen LogP contribution is -2.43. The fraction of sp³-hybridized carbons (Fsp3) is 0.688. The summed E-state index contributed by atoms with van der Waals surface area (Å²) in [5.74, 6) is 1.07. The second-order valence-corrected chi connectivity index (χ2v) is 7.59. The van der Waals surface area contributed by atoms with Crippen molar-refractivity contribution in [3.63, 3.8) is 0 Å². The zero-order valence-corrected chi connectivity index (χ0v) is 13.2. The first-order valence-electron chi connectivity index (χ1n) is 8.08. The first-order chi connectivity index (χ1) is 10.3. The monoisotopic (exact) mass is 305 g/mol. The van der Waals surface area contributed by atoms with Crippen molar-refractivity contribution in [3.8, 4) is 0 Å². The number of hydrogen-bond acceptors (Lipinski definition) is 4. The van der Waals surface area contributed by atoms with Crippen LogP contribution in [-0.4, -0.2) is 54.5 Å². The standard InChI is InChI=1S/C16H23N3OS/c20-16(19-6-3-15-13(9-19)4-7-21-15)11-18-8-12-2-1-5-17-14(12)10-18/h4,7,12,14,17H,1-3,5-6,8-11H2/t12-,14+/m0/s1. The zero-order valence-electron chi connectivity index (χ0n) is 12.4. The highest BCUT2D eigenvalue weighted by atomic mass is 32.1. The van der Waals surface area contributed by atoms with Gasteiger partial charge in [0.05, 0.1) is 6.54 Å². The molecule has 1 amide bonds. The second kappa shape index (κ2) is 5.71. The molecule has 2 saturated heterocycles. The van der Waals surface area contributed by atoms with Gasteiger partial charge < -0.3 is 10.2 Å². The van der Waals surface area contributed by atoms with Gasteiger partial charge in [-0.3, -0.25) is 9.69 Å². The van der Waals surface area contributed by atoms with Gasteiger partial charge in [0.25, 0.3) is 0 Å². The van der Waals surface area contributed by atoms with Crippen molar-refractivity contribution in [3.05, 3.63) is 21.9 Å². The van der Waals surface area contributed by atoms with Crippen molar-refractivity contribution in [2.24, 2.45) is 5.92 Å². The van der Waals surface area contributed by atoms with Crippen LogP contribution in [0, 0.1) is 5.92 Å². The molecular formula is C16H23N3OS. The summed E-state index contributed by atoms with van der Waals surface area (Å²) < 4.78 is 0. The van der Waals surface area contributed by atoms with Gasteiger partial charge in [0.1, 0.15) is 0 Å². The van der Waals surface area contributed by atoms with Crippen molar-refractivity contribution in [2.45, 2.75) is 31.8 Å². The molecular weight excluding hydrogens is 282 g/mol. The van der Waals surface area contributed by atoms with Gasteiger partial charge >= 0.3 is 0 Å². The van der Waals surface area contributed by atoms with Gasteiger partial charge in [-0.25, -0.2) is 0 Å². The lowest BCUT2D eigenvalue weighted by atomic mass is 9.94. The van der Waals surface area contributed by atoms with E-state index in [1.54, 1.807) is 0 Å². The minimum absolute atomic E-state index is 0.311. The highest BCUT2D eigenvalue weighted by molar-refractivity contribution is 7.10. The minimum Gasteiger partial charge on any atom is -0.337 e. The molecule has 0 spiro atoms. The molecule has 3 aliphatic rings. The van der Waals surface area contributed by atoms with E-state index in [0.717, 1.165) is 45.1 Å². The van der Waals surface area contributed by atoms with Crippen LogP contribution in [-0.2, 0) is 17.8 Å². The van der Waals surface area contributed by atoms with Crippen LogP contribution in [0.4, 0.5) is 0 Å². The molecule has 1 N–H and O–H groups in total. The van der Waals surface area contributed by atoms with Crippen molar-refractivity contribution in [2.75, 3.05) is 32.7 Å². The van der Waals surface area contributed by atoms with Crippen LogP contribution in [0.15, 0.2) is 11.4 Å². The molecule has 5 heteroatoms. The van der Waals surface area contributed by atoms with Gasteiger partial charge in [0, 0.05) is 37.1 Å². The number of fused-ring (bicyclic) bond motifs is 2. The Labute approximate surface area is 130 Å². The highest BCUT2D eigenvalue weighted by Gasteiger charge is 2.35. The molecule has 0 aliphatic carbocycles. The molecule has 1 aromatic rings. The third kappa shape index (κ3) is 2.74. The molecule has 1 aromatic heterocycles. The van der Waals surface area contributed by atoms with Gasteiger partial charge in [0.15, 0.2) is 0 Å². The number of piperidine rings is 1. The maximum absolute atomic E-state index is 12.6. The normalized spacial score (nSPS) is 29.2. The molecule has 4 rings (SSSR count). The van der Waals surface area contributed by atoms with Gasteiger partial charge in [0.2, 0.25) is 5.91 Å². The number of carbonyl (C=O) groups excluding carboxylic acids is 1. The fourth-order valence-corrected chi connectivity index (χ4v) is 4.91. The summed E-state index contributed by atoms with van der Waals surface area (Å²) >= 11 is 1.83. The van der Waals surface area contributed by atoms with Crippen molar-refractivity contribution >= 4 is 17.2 Å². The Morgan fingerprint density at radius 1 is 1.43 bits per heavy atom. The summed E-state index contributed by atoms with van der Waals surface area (Å²) in [5, 5.41) is 5.76. The van der Waals surface area contributed by atoms with Gasteiger partial charge in [-0.15, -0.1) is 11.3 Å². The molecule has 0 bridgehead atoms. The van der Waals surface area contributed by atoms with Crippen LogP contribution in [0.1, 0.15) is 23.3 Å². The largest absolute Gasteiger partial charge is 0.337 e. The predicted octanol–water partition coefficient (Wildman–Crippen LogP) is 1.32. The summed E-state index contributed by atoms with van der Waals surface area (Å²) in [6.45, 7) is 5.61. The number of carbonyl (C=O) groups is 1. The molecule has 4 heterocycles. The zero-order chi connectivity index (χ0) is 14.2. The lowest BCUT2D eigenvalue weighted by molar-refractivity contribution is -0.133. The van der Waals surface area contributed by atoms with Crippen LogP contribution < -0.4 is 5.32 Å². The third-order valence-electron chi connectivity index (χ3n) is 5.19. The van der Waals surface area contributed by atoms with Crippen LogP contribution in [0.5, 0.6) is 0 Å². The molecule has 0 radical (unpaired) electrons. The first-order valence-corrected chi connectivity index (χ1v) is 8.96. The average molecular weight is 305 g/mol. The molecule has 2 fully saturated rings. The average Bonchev–Trinajstić information content (AvgIpc) is 3.11. The van der Waals surface area contributed by atoms with E-state index in [0.29, 0.717) is 18.5 Å². The molecule has 2 atom stereocenters. The van der Waals surface area contributed by atoms with Crippen LogP contribution in [0.2, 0.25) is 0 Å². The van der Waals surface area contributed by atoms with Crippen LogP contribution in [0.3, 0.4) is 0 Å².